The van der Waals surface area contributed by atoms with Gasteiger partial charge in [-0.3, -0.25) is 4.79 Å². The van der Waals surface area contributed by atoms with Crippen molar-refractivity contribution in [3.8, 4) is 0 Å². The molecule has 0 aromatic carbocycles. The van der Waals surface area contributed by atoms with Gasteiger partial charge in [0, 0.05) is 17.8 Å². The van der Waals surface area contributed by atoms with Crippen molar-refractivity contribution in [2.45, 2.75) is 26.3 Å². The second kappa shape index (κ2) is 5.65. The standard InChI is InChI=1S/C15H16N4OS/c1-3-12(15-16-5-7-21-15)17-14(20)13-9-11-8-10(2)4-6-19(11)18-13/h4-9,12H,3H2,1-2H3,(H,17,20)/t12-/m0/s1. The number of carbonyl (C=O) groups is 1. The van der Waals surface area contributed by atoms with Crippen LogP contribution in [0.5, 0.6) is 0 Å². The zero-order chi connectivity index (χ0) is 14.8. The molecule has 21 heavy (non-hydrogen) atoms. The fraction of sp³-hybridized carbons (Fsp3) is 0.267. The van der Waals surface area contributed by atoms with Gasteiger partial charge in [-0.2, -0.15) is 5.10 Å². The molecule has 3 aromatic heterocycles. The molecule has 0 saturated heterocycles. The van der Waals surface area contributed by atoms with E-state index in [-0.39, 0.29) is 11.9 Å². The summed E-state index contributed by atoms with van der Waals surface area (Å²) >= 11 is 1.55. The highest BCUT2D eigenvalue weighted by atomic mass is 32.1. The Morgan fingerprint density at radius 2 is 2.33 bits per heavy atom. The molecule has 6 heteroatoms. The van der Waals surface area contributed by atoms with Gasteiger partial charge >= 0.3 is 0 Å². The van der Waals surface area contributed by atoms with Gasteiger partial charge in [0.15, 0.2) is 5.69 Å². The van der Waals surface area contributed by atoms with E-state index in [1.165, 1.54) is 0 Å². The Balaban J connectivity index is 1.83. The van der Waals surface area contributed by atoms with Gasteiger partial charge in [-0.05, 0) is 37.1 Å². The largest absolute Gasteiger partial charge is 0.341 e. The van der Waals surface area contributed by atoms with Gasteiger partial charge in [0.1, 0.15) is 5.01 Å². The van der Waals surface area contributed by atoms with Crippen molar-refractivity contribution in [3.63, 3.8) is 0 Å². The van der Waals surface area contributed by atoms with Crippen LogP contribution in [0.2, 0.25) is 0 Å². The molecule has 0 unspecified atom stereocenters. The first-order valence-electron chi connectivity index (χ1n) is 6.83. The third-order valence-electron chi connectivity index (χ3n) is 3.31. The third kappa shape index (κ3) is 2.80. The van der Waals surface area contributed by atoms with Crippen LogP contribution in [0.4, 0.5) is 0 Å². The highest BCUT2D eigenvalue weighted by Gasteiger charge is 2.18. The van der Waals surface area contributed by atoms with Gasteiger partial charge in [-0.1, -0.05) is 6.92 Å². The number of hydrogen-bond acceptors (Lipinski definition) is 4. The molecule has 1 amide bonds. The van der Waals surface area contributed by atoms with E-state index < -0.39 is 0 Å². The summed E-state index contributed by atoms with van der Waals surface area (Å²) in [4.78, 5) is 16.6. The Bertz CT molecular complexity index is 763. The first-order chi connectivity index (χ1) is 10.2. The van der Waals surface area contributed by atoms with Crippen molar-refractivity contribution >= 4 is 22.8 Å². The SMILES string of the molecule is CC[C@H](NC(=O)c1cc2cc(C)ccn2n1)c1nccs1. The summed E-state index contributed by atoms with van der Waals surface area (Å²) in [6.45, 7) is 4.04. The van der Waals surface area contributed by atoms with E-state index in [9.17, 15) is 4.79 Å². The number of carbonyl (C=O) groups excluding carboxylic acids is 1. The number of thiazole rings is 1. The van der Waals surface area contributed by atoms with Crippen LogP contribution in [0.25, 0.3) is 5.52 Å². The average molecular weight is 300 g/mol. The lowest BCUT2D eigenvalue weighted by Crippen LogP contribution is -2.28. The van der Waals surface area contributed by atoms with Gasteiger partial charge in [-0.15, -0.1) is 11.3 Å². The van der Waals surface area contributed by atoms with Crippen LogP contribution in [0.3, 0.4) is 0 Å². The first kappa shape index (κ1) is 13.8. The number of nitrogens with one attached hydrogen (secondary N) is 1. The van der Waals surface area contributed by atoms with Crippen molar-refractivity contribution in [1.29, 1.82) is 0 Å². The van der Waals surface area contributed by atoms with Gasteiger partial charge in [0.05, 0.1) is 11.6 Å². The van der Waals surface area contributed by atoms with Gasteiger partial charge in [0.2, 0.25) is 0 Å². The van der Waals surface area contributed by atoms with Gasteiger partial charge < -0.3 is 5.32 Å². The summed E-state index contributed by atoms with van der Waals surface area (Å²) in [5.74, 6) is -0.168. The molecule has 0 fully saturated rings. The predicted octanol–water partition coefficient (Wildman–Crippen LogP) is 2.98. The average Bonchev–Trinajstić information content (AvgIpc) is 3.12. The quantitative estimate of drug-likeness (QED) is 0.806. The number of rotatable bonds is 4. The molecule has 0 aliphatic heterocycles. The normalized spacial score (nSPS) is 12.5. The van der Waals surface area contributed by atoms with Crippen LogP contribution in [0.15, 0.2) is 36.0 Å². The van der Waals surface area contributed by atoms with Crippen molar-refractivity contribution in [2.75, 3.05) is 0 Å². The highest BCUT2D eigenvalue weighted by molar-refractivity contribution is 7.09. The van der Waals surface area contributed by atoms with E-state index in [0.29, 0.717) is 5.69 Å². The van der Waals surface area contributed by atoms with E-state index in [4.69, 9.17) is 0 Å². The van der Waals surface area contributed by atoms with Crippen LogP contribution in [-0.2, 0) is 0 Å². The van der Waals surface area contributed by atoms with Crippen molar-refractivity contribution in [3.05, 3.63) is 52.2 Å². The Labute approximate surface area is 126 Å². The Hall–Kier alpha value is -2.21. The predicted molar refractivity (Wildman–Crippen MR) is 82.5 cm³/mol. The minimum absolute atomic E-state index is 0.0657. The Morgan fingerprint density at radius 1 is 1.48 bits per heavy atom. The van der Waals surface area contributed by atoms with Gasteiger partial charge in [-0.25, -0.2) is 9.50 Å². The summed E-state index contributed by atoms with van der Waals surface area (Å²) in [6, 6.07) is 5.70. The molecule has 0 bridgehead atoms. The molecule has 3 aromatic rings. The fourth-order valence-corrected chi connectivity index (χ4v) is 2.97. The maximum Gasteiger partial charge on any atom is 0.272 e. The molecule has 108 valence electrons. The van der Waals surface area contributed by atoms with Crippen molar-refractivity contribution < 1.29 is 4.79 Å². The topological polar surface area (TPSA) is 59.3 Å². The number of fused-ring (bicyclic) bond motifs is 1. The number of nitrogens with zero attached hydrogens (tertiary/aromatic N) is 3. The van der Waals surface area contributed by atoms with E-state index in [0.717, 1.165) is 22.5 Å². The summed E-state index contributed by atoms with van der Waals surface area (Å²) < 4.78 is 1.71. The van der Waals surface area contributed by atoms with Gasteiger partial charge in [0.25, 0.3) is 5.91 Å². The molecule has 5 nitrogen and oxygen atoms in total. The lowest BCUT2D eigenvalue weighted by atomic mass is 10.2. The molecule has 0 radical (unpaired) electrons. The maximum atomic E-state index is 12.4. The highest BCUT2D eigenvalue weighted by Crippen LogP contribution is 2.19. The third-order valence-corrected chi connectivity index (χ3v) is 4.20. The molecule has 1 atom stereocenters. The lowest BCUT2D eigenvalue weighted by Gasteiger charge is -2.13. The molecule has 3 heterocycles. The Morgan fingerprint density at radius 3 is 3.05 bits per heavy atom. The summed E-state index contributed by atoms with van der Waals surface area (Å²) in [5, 5.41) is 10.1. The van der Waals surface area contributed by atoms with Crippen molar-refractivity contribution in [2.24, 2.45) is 0 Å². The molecule has 0 aliphatic carbocycles. The summed E-state index contributed by atoms with van der Waals surface area (Å²) in [6.07, 6.45) is 4.41. The number of hydrogen-bond donors (Lipinski definition) is 1. The lowest BCUT2D eigenvalue weighted by molar-refractivity contribution is 0.0930. The minimum atomic E-state index is -0.168. The number of aromatic nitrogens is 3. The van der Waals surface area contributed by atoms with Crippen LogP contribution in [0, 0.1) is 6.92 Å². The molecule has 0 aliphatic rings. The monoisotopic (exact) mass is 300 g/mol. The molecule has 3 rings (SSSR count). The number of amides is 1. The van der Waals surface area contributed by atoms with Crippen LogP contribution in [-0.4, -0.2) is 20.5 Å². The molecule has 1 N–H and O–H groups in total. The summed E-state index contributed by atoms with van der Waals surface area (Å²) in [5.41, 5.74) is 2.49. The van der Waals surface area contributed by atoms with Crippen LogP contribution >= 0.6 is 11.3 Å². The second-order valence-electron chi connectivity index (χ2n) is 4.91. The van der Waals surface area contributed by atoms with Crippen LogP contribution < -0.4 is 5.32 Å². The molecule has 0 saturated carbocycles. The van der Waals surface area contributed by atoms with Crippen LogP contribution in [0.1, 0.15) is 40.4 Å². The molecule has 0 spiro atoms. The first-order valence-corrected chi connectivity index (χ1v) is 7.71. The second-order valence-corrected chi connectivity index (χ2v) is 5.83. The minimum Gasteiger partial charge on any atom is -0.341 e. The smallest absolute Gasteiger partial charge is 0.272 e. The maximum absolute atomic E-state index is 12.4. The number of aryl methyl sites for hydroxylation is 1. The van der Waals surface area contributed by atoms with E-state index in [1.807, 2.05) is 37.6 Å². The van der Waals surface area contributed by atoms with E-state index >= 15 is 0 Å². The zero-order valence-corrected chi connectivity index (χ0v) is 12.7. The van der Waals surface area contributed by atoms with E-state index in [1.54, 1.807) is 28.1 Å². The Kier molecular flexibility index (Phi) is 3.70. The molecular formula is C15H16N4OS. The molecular weight excluding hydrogens is 284 g/mol. The fourth-order valence-electron chi connectivity index (χ4n) is 2.19. The zero-order valence-electron chi connectivity index (χ0n) is 11.9. The van der Waals surface area contributed by atoms with E-state index in [2.05, 4.69) is 15.4 Å². The summed E-state index contributed by atoms with van der Waals surface area (Å²) in [7, 11) is 0. The number of pyridine rings is 1. The van der Waals surface area contributed by atoms with Crippen molar-refractivity contribution in [1.82, 2.24) is 19.9 Å².